The second-order valence-electron chi connectivity index (χ2n) is 3.11. The molecule has 1 rings (SSSR count). The number of hydrogen-bond donors (Lipinski definition) is 2. The summed E-state index contributed by atoms with van der Waals surface area (Å²) in [7, 11) is 0. The molecule has 5 heteroatoms. The predicted octanol–water partition coefficient (Wildman–Crippen LogP) is 0.380. The monoisotopic (exact) mass is 209 g/mol. The van der Waals surface area contributed by atoms with Crippen LogP contribution >= 0.6 is 0 Å². The lowest BCUT2D eigenvalue weighted by atomic mass is 10.1. The van der Waals surface area contributed by atoms with E-state index >= 15 is 0 Å². The van der Waals surface area contributed by atoms with Crippen molar-refractivity contribution in [2.75, 3.05) is 0 Å². The molecule has 2 N–H and O–H groups in total. The Labute approximate surface area is 86.5 Å². The Kier molecular flexibility index (Phi) is 3.79. The summed E-state index contributed by atoms with van der Waals surface area (Å²) < 4.78 is 0. The molecule has 0 heterocycles. The third-order valence-corrected chi connectivity index (χ3v) is 1.78. The molecule has 1 aliphatic rings. The van der Waals surface area contributed by atoms with Crippen LogP contribution < -0.4 is 5.32 Å². The fourth-order valence-corrected chi connectivity index (χ4v) is 1.10. The fourth-order valence-electron chi connectivity index (χ4n) is 1.10. The van der Waals surface area contributed by atoms with Crippen molar-refractivity contribution in [2.24, 2.45) is 0 Å². The molecule has 15 heavy (non-hydrogen) atoms. The number of carboxylic acid groups (broad SMARTS) is 1. The van der Waals surface area contributed by atoms with Gasteiger partial charge >= 0.3 is 5.97 Å². The Morgan fingerprint density at radius 1 is 1.40 bits per heavy atom. The lowest BCUT2D eigenvalue weighted by Gasteiger charge is -2.07. The smallest absolute Gasteiger partial charge is 0.303 e. The minimum absolute atomic E-state index is 0.0777. The first kappa shape index (κ1) is 11.2. The maximum atomic E-state index is 11.2. The van der Waals surface area contributed by atoms with E-state index in [1.165, 1.54) is 6.08 Å². The first-order valence-electron chi connectivity index (χ1n) is 4.50. The summed E-state index contributed by atoms with van der Waals surface area (Å²) in [6.45, 7) is 0. The lowest BCUT2D eigenvalue weighted by molar-refractivity contribution is -0.138. The van der Waals surface area contributed by atoms with E-state index in [4.69, 9.17) is 5.11 Å². The van der Waals surface area contributed by atoms with Crippen LogP contribution in [0.3, 0.4) is 0 Å². The average Bonchev–Trinajstić information content (AvgIpc) is 2.15. The summed E-state index contributed by atoms with van der Waals surface area (Å²) in [6, 6.07) is 0. The molecule has 0 aromatic rings. The Hall–Kier alpha value is -1.91. The number of ketones is 1. The average molecular weight is 209 g/mol. The van der Waals surface area contributed by atoms with E-state index in [0.29, 0.717) is 12.1 Å². The molecule has 5 nitrogen and oxygen atoms in total. The Morgan fingerprint density at radius 3 is 2.73 bits per heavy atom. The highest BCUT2D eigenvalue weighted by atomic mass is 16.4. The Morgan fingerprint density at radius 2 is 2.13 bits per heavy atom. The molecular formula is C10H11NO4. The number of rotatable bonds is 4. The molecule has 0 aromatic carbocycles. The zero-order valence-corrected chi connectivity index (χ0v) is 8.03. The van der Waals surface area contributed by atoms with Crippen molar-refractivity contribution in [2.45, 2.75) is 19.3 Å². The molecular weight excluding hydrogens is 198 g/mol. The minimum Gasteiger partial charge on any atom is -0.481 e. The van der Waals surface area contributed by atoms with Gasteiger partial charge in [0.05, 0.1) is 6.42 Å². The molecule has 0 aromatic heterocycles. The molecule has 0 saturated heterocycles. The van der Waals surface area contributed by atoms with Crippen LogP contribution in [0, 0.1) is 0 Å². The van der Waals surface area contributed by atoms with E-state index in [1.807, 2.05) is 0 Å². The number of hydrogen-bond acceptors (Lipinski definition) is 3. The standard InChI is InChI=1S/C10H11NO4/c12-8-3-1-2-7(6-8)11-9(13)4-5-10(14)15/h1-2,6H,3-5H2,(H,11,13)(H,14,15). The van der Waals surface area contributed by atoms with Crippen LogP contribution in [-0.4, -0.2) is 22.8 Å². The van der Waals surface area contributed by atoms with Crippen LogP contribution in [0.15, 0.2) is 23.9 Å². The molecule has 0 saturated carbocycles. The third kappa shape index (κ3) is 4.21. The summed E-state index contributed by atoms with van der Waals surface area (Å²) in [5.74, 6) is -1.50. The molecule has 0 fully saturated rings. The zero-order valence-electron chi connectivity index (χ0n) is 8.03. The quantitative estimate of drug-likeness (QED) is 0.701. The normalized spacial score (nSPS) is 14.7. The highest BCUT2D eigenvalue weighted by Crippen LogP contribution is 2.04. The fraction of sp³-hybridized carbons (Fsp3) is 0.300. The van der Waals surface area contributed by atoms with Gasteiger partial charge in [-0.15, -0.1) is 0 Å². The van der Waals surface area contributed by atoms with Crippen molar-refractivity contribution >= 4 is 17.7 Å². The molecule has 1 amide bonds. The highest BCUT2D eigenvalue weighted by Gasteiger charge is 2.09. The minimum atomic E-state index is -1.02. The summed E-state index contributed by atoms with van der Waals surface area (Å²) in [5, 5.41) is 10.8. The highest BCUT2D eigenvalue weighted by molar-refractivity contribution is 5.94. The van der Waals surface area contributed by atoms with E-state index in [1.54, 1.807) is 12.2 Å². The number of allylic oxidation sites excluding steroid dienone is 3. The van der Waals surface area contributed by atoms with Gasteiger partial charge in [0.1, 0.15) is 0 Å². The first-order chi connectivity index (χ1) is 7.08. The molecule has 0 bridgehead atoms. The lowest BCUT2D eigenvalue weighted by Crippen LogP contribution is -2.23. The van der Waals surface area contributed by atoms with Crippen molar-refractivity contribution in [3.05, 3.63) is 23.9 Å². The van der Waals surface area contributed by atoms with Crippen LogP contribution in [0.25, 0.3) is 0 Å². The summed E-state index contributed by atoms with van der Waals surface area (Å²) >= 11 is 0. The van der Waals surface area contributed by atoms with Gasteiger partial charge < -0.3 is 10.4 Å². The second-order valence-corrected chi connectivity index (χ2v) is 3.11. The number of carbonyl (C=O) groups is 3. The summed E-state index contributed by atoms with van der Waals surface area (Å²) in [5.41, 5.74) is 0.418. The third-order valence-electron chi connectivity index (χ3n) is 1.78. The second kappa shape index (κ2) is 5.09. The number of nitrogens with one attached hydrogen (secondary N) is 1. The topological polar surface area (TPSA) is 83.5 Å². The van der Waals surface area contributed by atoms with Crippen LogP contribution in [-0.2, 0) is 14.4 Å². The van der Waals surface area contributed by atoms with Gasteiger partial charge in [0, 0.05) is 24.6 Å². The van der Waals surface area contributed by atoms with Crippen molar-refractivity contribution in [1.82, 2.24) is 5.32 Å². The van der Waals surface area contributed by atoms with Crippen molar-refractivity contribution < 1.29 is 19.5 Å². The van der Waals surface area contributed by atoms with Gasteiger partial charge in [-0.1, -0.05) is 6.08 Å². The summed E-state index contributed by atoms with van der Waals surface area (Å²) in [6.07, 6.45) is 4.65. The van der Waals surface area contributed by atoms with E-state index in [9.17, 15) is 14.4 Å². The van der Waals surface area contributed by atoms with Crippen LogP contribution in [0.5, 0.6) is 0 Å². The SMILES string of the molecule is O=C(O)CCC(=O)NC1=CC(=O)CC=C1. The van der Waals surface area contributed by atoms with Crippen molar-refractivity contribution in [1.29, 1.82) is 0 Å². The van der Waals surface area contributed by atoms with Crippen LogP contribution in [0.1, 0.15) is 19.3 Å². The number of carboxylic acids is 1. The molecule has 0 atom stereocenters. The number of amides is 1. The van der Waals surface area contributed by atoms with Gasteiger partial charge in [-0.2, -0.15) is 0 Å². The maximum Gasteiger partial charge on any atom is 0.303 e. The van der Waals surface area contributed by atoms with Gasteiger partial charge in [0.2, 0.25) is 5.91 Å². The Balaban J connectivity index is 2.41. The van der Waals surface area contributed by atoms with E-state index in [-0.39, 0.29) is 18.6 Å². The van der Waals surface area contributed by atoms with Gasteiger partial charge in [0.15, 0.2) is 5.78 Å². The summed E-state index contributed by atoms with van der Waals surface area (Å²) in [4.78, 5) is 32.3. The van der Waals surface area contributed by atoms with E-state index in [2.05, 4.69) is 5.32 Å². The van der Waals surface area contributed by atoms with Crippen LogP contribution in [0.2, 0.25) is 0 Å². The van der Waals surface area contributed by atoms with Crippen molar-refractivity contribution in [3.8, 4) is 0 Å². The molecule has 1 aliphatic carbocycles. The van der Waals surface area contributed by atoms with Gasteiger partial charge in [-0.25, -0.2) is 0 Å². The predicted molar refractivity (Wildman–Crippen MR) is 51.9 cm³/mol. The molecule has 0 unspecified atom stereocenters. The molecule has 0 spiro atoms. The molecule has 0 aliphatic heterocycles. The number of carbonyl (C=O) groups excluding carboxylic acids is 2. The van der Waals surface area contributed by atoms with Crippen molar-refractivity contribution in [3.63, 3.8) is 0 Å². The van der Waals surface area contributed by atoms with Crippen LogP contribution in [0.4, 0.5) is 0 Å². The largest absolute Gasteiger partial charge is 0.481 e. The molecule has 0 radical (unpaired) electrons. The van der Waals surface area contributed by atoms with Gasteiger partial charge in [-0.05, 0) is 6.08 Å². The Bertz CT molecular complexity index is 354. The number of aliphatic carboxylic acids is 1. The van der Waals surface area contributed by atoms with E-state index < -0.39 is 11.9 Å². The molecule has 80 valence electrons. The maximum absolute atomic E-state index is 11.2. The van der Waals surface area contributed by atoms with Gasteiger partial charge in [-0.3, -0.25) is 14.4 Å². The van der Waals surface area contributed by atoms with Gasteiger partial charge in [0.25, 0.3) is 0 Å². The first-order valence-corrected chi connectivity index (χ1v) is 4.50. The van der Waals surface area contributed by atoms with E-state index in [0.717, 1.165) is 0 Å². The zero-order chi connectivity index (χ0) is 11.3.